The van der Waals surface area contributed by atoms with E-state index in [0.29, 0.717) is 35.7 Å². The average molecular weight is 606 g/mol. The minimum atomic E-state index is -4.81. The van der Waals surface area contributed by atoms with Crippen molar-refractivity contribution in [1.29, 1.82) is 0 Å². The molecule has 44 heavy (non-hydrogen) atoms. The Hall–Kier alpha value is -4.94. The number of rotatable bonds is 7. The van der Waals surface area contributed by atoms with Gasteiger partial charge in [-0.2, -0.15) is 5.21 Å². The number of amides is 3. The van der Waals surface area contributed by atoms with Gasteiger partial charge in [-0.05, 0) is 102 Å². The van der Waals surface area contributed by atoms with Gasteiger partial charge in [0.05, 0.1) is 6.04 Å². The summed E-state index contributed by atoms with van der Waals surface area (Å²) in [6.07, 6.45) is 2.41. The molecule has 1 saturated carbocycles. The molecule has 3 aromatic carbocycles. The summed E-state index contributed by atoms with van der Waals surface area (Å²) >= 11 is 0. The Morgan fingerprint density at radius 1 is 0.909 bits per heavy atom. The van der Waals surface area contributed by atoms with Gasteiger partial charge < -0.3 is 10.1 Å². The van der Waals surface area contributed by atoms with Gasteiger partial charge in [-0.15, -0.1) is 18.3 Å². The maximum absolute atomic E-state index is 13.9. The Morgan fingerprint density at radius 2 is 1.66 bits per heavy atom. The van der Waals surface area contributed by atoms with Crippen molar-refractivity contribution < 1.29 is 27.5 Å². The van der Waals surface area contributed by atoms with Crippen LogP contribution in [0.25, 0.3) is 0 Å². The molecule has 0 radical (unpaired) electrons. The van der Waals surface area contributed by atoms with Crippen LogP contribution < -0.4 is 20.3 Å². The number of alkyl halides is 3. The minimum Gasteiger partial charge on any atom is -0.406 e. The fraction of sp³-hybridized carbons (Fsp3) is 0.323. The first kappa shape index (κ1) is 29.1. The first-order chi connectivity index (χ1) is 21.2. The topological polar surface area (TPSA) is 125 Å². The molecule has 228 valence electrons. The van der Waals surface area contributed by atoms with Crippen molar-refractivity contribution in [3.05, 3.63) is 89.0 Å². The van der Waals surface area contributed by atoms with Crippen LogP contribution >= 0.6 is 0 Å². The molecule has 1 heterocycles. The number of nitrogens with one attached hydrogen (secondary N) is 3. The predicted octanol–water partition coefficient (Wildman–Crippen LogP) is 7.12. The molecule has 1 fully saturated rings. The number of anilines is 3. The lowest BCUT2D eigenvalue weighted by molar-refractivity contribution is -0.274. The van der Waals surface area contributed by atoms with Crippen LogP contribution in [0.5, 0.6) is 5.75 Å². The van der Waals surface area contributed by atoms with Crippen LogP contribution in [-0.2, 0) is 6.42 Å². The van der Waals surface area contributed by atoms with Gasteiger partial charge >= 0.3 is 12.4 Å². The van der Waals surface area contributed by atoms with E-state index in [2.05, 4.69) is 48.1 Å². The van der Waals surface area contributed by atoms with Crippen LogP contribution in [-0.4, -0.2) is 38.9 Å². The number of benzene rings is 3. The molecule has 0 saturated heterocycles. The van der Waals surface area contributed by atoms with Crippen molar-refractivity contribution in [3.8, 4) is 5.75 Å². The highest BCUT2D eigenvalue weighted by Gasteiger charge is 2.34. The first-order valence-electron chi connectivity index (χ1n) is 14.5. The number of fused-ring (bicyclic) bond motifs is 1. The fourth-order valence-corrected chi connectivity index (χ4v) is 6.10. The Labute approximate surface area is 251 Å². The molecule has 0 bridgehead atoms. The number of aromatic amines is 1. The summed E-state index contributed by atoms with van der Waals surface area (Å²) in [7, 11) is 0. The van der Waals surface area contributed by atoms with E-state index >= 15 is 0 Å². The molecule has 1 atom stereocenters. The maximum Gasteiger partial charge on any atom is 0.573 e. The zero-order valence-corrected chi connectivity index (χ0v) is 23.6. The normalized spacial score (nSPS) is 16.7. The molecule has 1 unspecified atom stereocenters. The second-order valence-corrected chi connectivity index (χ2v) is 11.0. The van der Waals surface area contributed by atoms with E-state index in [9.17, 15) is 22.8 Å². The highest BCUT2D eigenvalue weighted by Crippen LogP contribution is 2.40. The number of nitrogens with zero attached hydrogens (tertiary/aromatic N) is 4. The number of ether oxygens (including phenoxy) is 1. The number of aromatic nitrogens is 4. The van der Waals surface area contributed by atoms with Gasteiger partial charge in [-0.25, -0.2) is 4.79 Å². The van der Waals surface area contributed by atoms with E-state index < -0.39 is 12.4 Å². The highest BCUT2D eigenvalue weighted by molar-refractivity contribution is 6.04. The number of hydrogen-bond acceptors (Lipinski definition) is 6. The summed E-state index contributed by atoms with van der Waals surface area (Å²) < 4.78 is 41.8. The largest absolute Gasteiger partial charge is 0.573 e. The molecular weight excluding hydrogens is 575 g/mol. The van der Waals surface area contributed by atoms with E-state index in [-0.39, 0.29) is 23.6 Å². The van der Waals surface area contributed by atoms with Crippen molar-refractivity contribution in [3.63, 3.8) is 0 Å². The third-order valence-corrected chi connectivity index (χ3v) is 8.14. The van der Waals surface area contributed by atoms with Crippen molar-refractivity contribution >= 4 is 29.3 Å². The second kappa shape index (κ2) is 12.3. The molecule has 13 heteroatoms. The van der Waals surface area contributed by atoms with Gasteiger partial charge in [-0.1, -0.05) is 42.6 Å². The van der Waals surface area contributed by atoms with Crippen LogP contribution in [0.15, 0.2) is 66.7 Å². The lowest BCUT2D eigenvalue weighted by Gasteiger charge is -2.31. The summed E-state index contributed by atoms with van der Waals surface area (Å²) in [5.41, 5.74) is 4.51. The van der Waals surface area contributed by atoms with Gasteiger partial charge in [-0.3, -0.25) is 15.0 Å². The Balaban J connectivity index is 1.26. The van der Waals surface area contributed by atoms with Gasteiger partial charge in [0, 0.05) is 16.9 Å². The van der Waals surface area contributed by atoms with Gasteiger partial charge in [0.25, 0.3) is 11.9 Å². The summed E-state index contributed by atoms with van der Waals surface area (Å²) in [4.78, 5) is 28.3. The number of carbonyl (C=O) groups excluding carboxylic acids is 2. The lowest BCUT2D eigenvalue weighted by atomic mass is 9.84. The first-order valence-corrected chi connectivity index (χ1v) is 14.5. The van der Waals surface area contributed by atoms with Gasteiger partial charge in [0.15, 0.2) is 0 Å². The molecule has 0 spiro atoms. The lowest BCUT2D eigenvalue weighted by Crippen LogP contribution is -2.37. The molecule has 6 rings (SSSR count). The number of hydrogen-bond donors (Lipinski definition) is 3. The predicted molar refractivity (Wildman–Crippen MR) is 157 cm³/mol. The Morgan fingerprint density at radius 3 is 2.34 bits per heavy atom. The molecule has 3 N–H and O–H groups in total. The molecule has 0 aliphatic heterocycles. The number of H-pyrrole nitrogens is 1. The van der Waals surface area contributed by atoms with E-state index in [1.165, 1.54) is 37.0 Å². The summed E-state index contributed by atoms with van der Waals surface area (Å²) in [6.45, 7) is 0. The standard InChI is InChI=1S/C31H30F3N7O3/c32-31(33,34)44-25-14-10-23(11-15-25)35-30(43)41(24-12-6-20(7-13-24)19-4-2-1-3-5-19)27-17-9-21-18-22(8-16-26(21)27)28(42)36-29-37-39-40-38-29/h6-8,10-16,18-19,27H,1-5,9,17H2,(H,35,43)(H2,36,37,38,39,40,42). The van der Waals surface area contributed by atoms with E-state index in [0.717, 1.165) is 36.1 Å². The molecule has 10 nitrogen and oxygen atoms in total. The van der Waals surface area contributed by atoms with Crippen LogP contribution in [0, 0.1) is 0 Å². The van der Waals surface area contributed by atoms with Crippen molar-refractivity contribution in [2.24, 2.45) is 0 Å². The van der Waals surface area contributed by atoms with Crippen molar-refractivity contribution in [2.75, 3.05) is 15.5 Å². The number of urea groups is 1. The molecule has 4 aromatic rings. The fourth-order valence-electron chi connectivity index (χ4n) is 6.10. The monoisotopic (exact) mass is 605 g/mol. The molecule has 3 amide bonds. The summed E-state index contributed by atoms with van der Waals surface area (Å²) in [5.74, 6) is -0.203. The van der Waals surface area contributed by atoms with E-state index in [1.807, 2.05) is 18.2 Å². The van der Waals surface area contributed by atoms with Crippen LogP contribution in [0.4, 0.5) is 35.3 Å². The van der Waals surface area contributed by atoms with Gasteiger partial charge in [0.2, 0.25) is 0 Å². The van der Waals surface area contributed by atoms with Crippen molar-refractivity contribution in [1.82, 2.24) is 20.6 Å². The zero-order valence-electron chi connectivity index (χ0n) is 23.6. The molecular formula is C31H30F3N7O3. The van der Waals surface area contributed by atoms with Gasteiger partial charge in [0.1, 0.15) is 5.75 Å². The smallest absolute Gasteiger partial charge is 0.406 e. The third kappa shape index (κ3) is 6.66. The van der Waals surface area contributed by atoms with Crippen LogP contribution in [0.1, 0.15) is 77.5 Å². The number of halogens is 3. The van der Waals surface area contributed by atoms with E-state index in [4.69, 9.17) is 0 Å². The second-order valence-electron chi connectivity index (χ2n) is 11.0. The maximum atomic E-state index is 13.9. The SMILES string of the molecule is O=C(Nc1nn[nH]n1)c1ccc2c(c1)CCC2N(C(=O)Nc1ccc(OC(F)(F)F)cc1)c1ccc(C2CCCCC2)cc1. The van der Waals surface area contributed by atoms with E-state index in [1.54, 1.807) is 17.0 Å². The molecule has 1 aromatic heterocycles. The number of aryl methyl sites for hydroxylation is 1. The number of tetrazole rings is 1. The number of carbonyl (C=O) groups is 2. The Bertz CT molecular complexity index is 1600. The third-order valence-electron chi connectivity index (χ3n) is 8.14. The minimum absolute atomic E-state index is 0.0610. The molecule has 2 aliphatic carbocycles. The quantitative estimate of drug-likeness (QED) is 0.206. The summed E-state index contributed by atoms with van der Waals surface area (Å²) in [6, 6.07) is 17.6. The average Bonchev–Trinajstić information content (AvgIpc) is 3.68. The highest BCUT2D eigenvalue weighted by atomic mass is 19.4. The Kier molecular flexibility index (Phi) is 8.18. The zero-order chi connectivity index (χ0) is 30.7. The summed E-state index contributed by atoms with van der Waals surface area (Å²) in [5, 5.41) is 18.6. The van der Waals surface area contributed by atoms with Crippen LogP contribution in [0.3, 0.4) is 0 Å². The van der Waals surface area contributed by atoms with Crippen LogP contribution in [0.2, 0.25) is 0 Å². The molecule has 2 aliphatic rings. The van der Waals surface area contributed by atoms with Crippen molar-refractivity contribution in [2.45, 2.75) is 63.3 Å².